The first-order valence-electron chi connectivity index (χ1n) is 7.68. The van der Waals surface area contributed by atoms with E-state index in [9.17, 15) is 13.2 Å². The largest absolute Gasteiger partial charge is 0.334 e. The molecule has 1 aromatic heterocycles. The molecule has 2 N–H and O–H groups in total. The molecule has 0 aliphatic heterocycles. The van der Waals surface area contributed by atoms with E-state index in [1.54, 1.807) is 36.2 Å². The van der Waals surface area contributed by atoms with Crippen molar-refractivity contribution in [3.8, 4) is 0 Å². The molecule has 5 nitrogen and oxygen atoms in total. The Hall–Kier alpha value is -1.70. The first-order valence-corrected chi connectivity index (χ1v) is 10.2. The number of primary sulfonamides is 1. The summed E-state index contributed by atoms with van der Waals surface area (Å²) in [6.45, 7) is 6.59. The third kappa shape index (κ3) is 4.23. The van der Waals surface area contributed by atoms with Gasteiger partial charge in [0.05, 0.1) is 4.90 Å². The van der Waals surface area contributed by atoms with Crippen LogP contribution in [0, 0.1) is 13.8 Å². The molecule has 0 aliphatic rings. The van der Waals surface area contributed by atoms with E-state index in [0.29, 0.717) is 24.2 Å². The van der Waals surface area contributed by atoms with Crippen LogP contribution in [0.2, 0.25) is 0 Å². The number of nitrogens with two attached hydrogens (primary N) is 1. The zero-order valence-corrected chi connectivity index (χ0v) is 15.7. The molecule has 0 saturated heterocycles. The van der Waals surface area contributed by atoms with Crippen LogP contribution in [0.25, 0.3) is 0 Å². The fourth-order valence-corrected chi connectivity index (χ4v) is 4.09. The number of aryl methyl sites for hydroxylation is 1. The van der Waals surface area contributed by atoms with E-state index in [-0.39, 0.29) is 10.8 Å². The molecular weight excluding hydrogens is 344 g/mol. The van der Waals surface area contributed by atoms with E-state index in [1.165, 1.54) is 6.07 Å². The molecule has 1 amide bonds. The number of hydrogen-bond donors (Lipinski definition) is 1. The van der Waals surface area contributed by atoms with Crippen molar-refractivity contribution < 1.29 is 13.2 Å². The molecule has 0 aliphatic carbocycles. The van der Waals surface area contributed by atoms with Crippen LogP contribution in [-0.4, -0.2) is 25.8 Å². The standard InChI is InChI=1S/C17H22N2O3S2/c1-4-6-19(10-14-5-7-23-11-14)17(20)15-8-12(2)13(3)16(9-15)24(18,21)22/h5,7-9,11H,4,6,10H2,1-3H3,(H2,18,21,22). The Kier molecular flexibility index (Phi) is 5.79. The van der Waals surface area contributed by atoms with Gasteiger partial charge in [-0.1, -0.05) is 6.92 Å². The molecule has 1 heterocycles. The molecule has 0 radical (unpaired) electrons. The van der Waals surface area contributed by atoms with Crippen LogP contribution in [0.15, 0.2) is 33.9 Å². The van der Waals surface area contributed by atoms with Crippen molar-refractivity contribution in [2.24, 2.45) is 5.14 Å². The summed E-state index contributed by atoms with van der Waals surface area (Å²) in [6, 6.07) is 5.09. The zero-order valence-electron chi connectivity index (χ0n) is 14.1. The molecule has 0 fully saturated rings. The molecule has 24 heavy (non-hydrogen) atoms. The molecule has 0 atom stereocenters. The van der Waals surface area contributed by atoms with Gasteiger partial charge in [0.15, 0.2) is 0 Å². The summed E-state index contributed by atoms with van der Waals surface area (Å²) in [7, 11) is -3.87. The first-order chi connectivity index (χ1) is 11.2. The van der Waals surface area contributed by atoms with Crippen molar-refractivity contribution in [1.29, 1.82) is 0 Å². The van der Waals surface area contributed by atoms with Gasteiger partial charge in [-0.15, -0.1) is 0 Å². The van der Waals surface area contributed by atoms with Crippen LogP contribution in [-0.2, 0) is 16.6 Å². The van der Waals surface area contributed by atoms with E-state index < -0.39 is 10.0 Å². The van der Waals surface area contributed by atoms with Gasteiger partial charge in [0, 0.05) is 18.7 Å². The quantitative estimate of drug-likeness (QED) is 0.853. The molecule has 0 unspecified atom stereocenters. The second kappa shape index (κ2) is 7.46. The van der Waals surface area contributed by atoms with Gasteiger partial charge in [-0.2, -0.15) is 11.3 Å². The molecule has 7 heteroatoms. The minimum absolute atomic E-state index is 0.0119. The molecule has 0 spiro atoms. The van der Waals surface area contributed by atoms with Crippen molar-refractivity contribution in [1.82, 2.24) is 4.90 Å². The van der Waals surface area contributed by atoms with Gasteiger partial charge in [-0.3, -0.25) is 4.79 Å². The number of carbonyl (C=O) groups excluding carboxylic acids is 1. The molecule has 0 saturated carbocycles. The average Bonchev–Trinajstić information content (AvgIpc) is 3.00. The minimum atomic E-state index is -3.87. The summed E-state index contributed by atoms with van der Waals surface area (Å²) in [5.74, 6) is -0.184. The van der Waals surface area contributed by atoms with Gasteiger partial charge < -0.3 is 4.90 Å². The maximum atomic E-state index is 12.9. The highest BCUT2D eigenvalue weighted by Crippen LogP contribution is 2.22. The number of carbonyl (C=O) groups is 1. The Morgan fingerprint density at radius 1 is 1.29 bits per heavy atom. The highest BCUT2D eigenvalue weighted by atomic mass is 32.2. The van der Waals surface area contributed by atoms with Crippen molar-refractivity contribution in [2.75, 3.05) is 6.54 Å². The number of rotatable bonds is 6. The lowest BCUT2D eigenvalue weighted by Gasteiger charge is -2.22. The predicted molar refractivity (Wildman–Crippen MR) is 96.6 cm³/mol. The van der Waals surface area contributed by atoms with Crippen LogP contribution < -0.4 is 5.14 Å². The number of nitrogens with zero attached hydrogens (tertiary/aromatic N) is 1. The third-order valence-electron chi connectivity index (χ3n) is 3.91. The Bertz CT molecular complexity index is 828. The Labute approximate surface area is 147 Å². The van der Waals surface area contributed by atoms with Gasteiger partial charge >= 0.3 is 0 Å². The van der Waals surface area contributed by atoms with Crippen LogP contribution in [0.4, 0.5) is 0 Å². The van der Waals surface area contributed by atoms with E-state index in [1.807, 2.05) is 23.8 Å². The fourth-order valence-electron chi connectivity index (χ4n) is 2.55. The SMILES string of the molecule is CCCN(Cc1ccsc1)C(=O)c1cc(C)c(C)c(S(N)(=O)=O)c1. The van der Waals surface area contributed by atoms with Gasteiger partial charge in [0.25, 0.3) is 5.91 Å². The number of benzene rings is 1. The molecular formula is C17H22N2O3S2. The van der Waals surface area contributed by atoms with Crippen molar-refractivity contribution >= 4 is 27.3 Å². The average molecular weight is 367 g/mol. The van der Waals surface area contributed by atoms with Gasteiger partial charge in [0.2, 0.25) is 10.0 Å². The summed E-state index contributed by atoms with van der Waals surface area (Å²) in [5, 5.41) is 9.27. The van der Waals surface area contributed by atoms with Crippen molar-refractivity contribution in [3.63, 3.8) is 0 Å². The van der Waals surface area contributed by atoms with E-state index in [0.717, 1.165) is 17.5 Å². The second-order valence-corrected chi connectivity index (χ2v) is 8.13. The topological polar surface area (TPSA) is 80.5 Å². The zero-order chi connectivity index (χ0) is 17.9. The number of sulfonamides is 1. The third-order valence-corrected chi connectivity index (χ3v) is 5.68. The van der Waals surface area contributed by atoms with Gasteiger partial charge in [-0.25, -0.2) is 13.6 Å². The number of amides is 1. The van der Waals surface area contributed by atoms with Crippen LogP contribution in [0.1, 0.15) is 40.4 Å². The second-order valence-electron chi connectivity index (χ2n) is 5.82. The Morgan fingerprint density at radius 2 is 2.00 bits per heavy atom. The van der Waals surface area contributed by atoms with Crippen LogP contribution in [0.3, 0.4) is 0 Å². The summed E-state index contributed by atoms with van der Waals surface area (Å²) >= 11 is 1.58. The van der Waals surface area contributed by atoms with Crippen LogP contribution in [0.5, 0.6) is 0 Å². The van der Waals surface area contributed by atoms with E-state index in [4.69, 9.17) is 5.14 Å². The van der Waals surface area contributed by atoms with Gasteiger partial charge in [-0.05, 0) is 65.9 Å². The highest BCUT2D eigenvalue weighted by Gasteiger charge is 2.21. The normalized spacial score (nSPS) is 11.5. The molecule has 1 aromatic carbocycles. The Morgan fingerprint density at radius 3 is 2.54 bits per heavy atom. The number of hydrogen-bond acceptors (Lipinski definition) is 4. The van der Waals surface area contributed by atoms with Gasteiger partial charge in [0.1, 0.15) is 0 Å². The maximum Gasteiger partial charge on any atom is 0.254 e. The monoisotopic (exact) mass is 366 g/mol. The molecule has 0 bridgehead atoms. The minimum Gasteiger partial charge on any atom is -0.334 e. The fraction of sp³-hybridized carbons (Fsp3) is 0.353. The summed E-state index contributed by atoms with van der Waals surface area (Å²) in [5.41, 5.74) is 2.73. The van der Waals surface area contributed by atoms with Crippen molar-refractivity contribution in [3.05, 3.63) is 51.2 Å². The summed E-state index contributed by atoms with van der Waals surface area (Å²) in [4.78, 5) is 14.6. The van der Waals surface area contributed by atoms with Crippen molar-refractivity contribution in [2.45, 2.75) is 38.6 Å². The molecule has 2 aromatic rings. The molecule has 130 valence electrons. The summed E-state index contributed by atoms with van der Waals surface area (Å²) in [6.07, 6.45) is 0.822. The predicted octanol–water partition coefficient (Wildman–Crippen LogP) is 3.06. The van der Waals surface area contributed by atoms with E-state index in [2.05, 4.69) is 0 Å². The number of thiophene rings is 1. The first kappa shape index (κ1) is 18.6. The lowest BCUT2D eigenvalue weighted by molar-refractivity contribution is 0.0743. The highest BCUT2D eigenvalue weighted by molar-refractivity contribution is 7.89. The Balaban J connectivity index is 2.41. The smallest absolute Gasteiger partial charge is 0.254 e. The van der Waals surface area contributed by atoms with E-state index >= 15 is 0 Å². The maximum absolute atomic E-state index is 12.9. The van der Waals surface area contributed by atoms with Crippen LogP contribution >= 0.6 is 11.3 Å². The lowest BCUT2D eigenvalue weighted by Crippen LogP contribution is -2.31. The summed E-state index contributed by atoms with van der Waals surface area (Å²) < 4.78 is 23.6. The lowest BCUT2D eigenvalue weighted by atomic mass is 10.0. The molecule has 2 rings (SSSR count).